The Bertz CT molecular complexity index is 331. The molecule has 0 spiro atoms. The van der Waals surface area contributed by atoms with Crippen LogP contribution in [0.15, 0.2) is 18.3 Å². The van der Waals surface area contributed by atoms with E-state index in [1.165, 1.54) is 0 Å². The quantitative estimate of drug-likeness (QED) is 0.824. The van der Waals surface area contributed by atoms with Crippen molar-refractivity contribution in [1.29, 1.82) is 0 Å². The van der Waals surface area contributed by atoms with Crippen molar-refractivity contribution in [3.8, 4) is 5.88 Å². The number of aromatic nitrogens is 1. The van der Waals surface area contributed by atoms with Crippen molar-refractivity contribution in [3.63, 3.8) is 0 Å². The molecule has 1 aromatic rings. The van der Waals surface area contributed by atoms with Gasteiger partial charge in [-0.25, -0.2) is 4.98 Å². The average molecular weight is 236 g/mol. The molecule has 0 amide bonds. The maximum atomic E-state index is 5.76. The van der Waals surface area contributed by atoms with Crippen molar-refractivity contribution in [2.45, 2.75) is 40.7 Å². The van der Waals surface area contributed by atoms with Crippen LogP contribution in [0, 0.1) is 5.41 Å². The summed E-state index contributed by atoms with van der Waals surface area (Å²) >= 11 is 0. The van der Waals surface area contributed by atoms with Crippen LogP contribution in [0.25, 0.3) is 0 Å². The lowest BCUT2D eigenvalue weighted by molar-refractivity contribution is 0.234. The molecular weight excluding hydrogens is 212 g/mol. The summed E-state index contributed by atoms with van der Waals surface area (Å²) < 4.78 is 5.76. The first-order valence-corrected chi connectivity index (χ1v) is 6.30. The van der Waals surface area contributed by atoms with E-state index < -0.39 is 0 Å². The maximum Gasteiger partial charge on any atom is 0.217 e. The molecule has 0 aromatic carbocycles. The van der Waals surface area contributed by atoms with Crippen molar-refractivity contribution >= 4 is 0 Å². The van der Waals surface area contributed by atoms with Gasteiger partial charge in [0.25, 0.3) is 0 Å². The third-order valence-corrected chi connectivity index (χ3v) is 2.51. The van der Waals surface area contributed by atoms with Crippen molar-refractivity contribution in [3.05, 3.63) is 23.9 Å². The van der Waals surface area contributed by atoms with Gasteiger partial charge in [0.2, 0.25) is 5.88 Å². The highest BCUT2D eigenvalue weighted by Gasteiger charge is 2.11. The normalized spacial score (nSPS) is 11.5. The van der Waals surface area contributed by atoms with Gasteiger partial charge < -0.3 is 10.1 Å². The molecule has 0 aliphatic rings. The zero-order valence-electron chi connectivity index (χ0n) is 11.4. The maximum absolute atomic E-state index is 5.76. The highest BCUT2D eigenvalue weighted by molar-refractivity contribution is 5.25. The van der Waals surface area contributed by atoms with Crippen LogP contribution in [0.3, 0.4) is 0 Å². The molecule has 1 N–H and O–H groups in total. The van der Waals surface area contributed by atoms with Crippen LogP contribution in [0.5, 0.6) is 5.88 Å². The second kappa shape index (κ2) is 6.60. The number of hydrogen-bond donors (Lipinski definition) is 1. The Morgan fingerprint density at radius 3 is 2.76 bits per heavy atom. The molecule has 17 heavy (non-hydrogen) atoms. The second-order valence-corrected chi connectivity index (χ2v) is 5.41. The van der Waals surface area contributed by atoms with Crippen molar-refractivity contribution in [2.75, 3.05) is 13.2 Å². The summed E-state index contributed by atoms with van der Waals surface area (Å²) in [5, 5.41) is 3.29. The summed E-state index contributed by atoms with van der Waals surface area (Å²) in [6, 6.07) is 4.01. The van der Waals surface area contributed by atoms with Gasteiger partial charge in [-0.2, -0.15) is 0 Å². The Labute approximate surface area is 105 Å². The molecule has 1 rings (SSSR count). The molecule has 0 unspecified atom stereocenters. The summed E-state index contributed by atoms with van der Waals surface area (Å²) in [5.74, 6) is 0.762. The molecule has 0 aliphatic carbocycles. The SMILES string of the molecule is CCNCc1cccnc1OCCC(C)(C)C. The predicted octanol–water partition coefficient (Wildman–Crippen LogP) is 3.01. The van der Waals surface area contributed by atoms with E-state index in [0.29, 0.717) is 5.41 Å². The van der Waals surface area contributed by atoms with Crippen LogP contribution in [0.2, 0.25) is 0 Å². The van der Waals surface area contributed by atoms with Crippen LogP contribution >= 0.6 is 0 Å². The number of pyridine rings is 1. The molecule has 0 aliphatic heterocycles. The molecule has 1 heterocycles. The van der Waals surface area contributed by atoms with E-state index >= 15 is 0 Å². The standard InChI is InChI=1S/C14H24N2O/c1-5-15-11-12-7-6-9-16-13(12)17-10-8-14(2,3)4/h6-7,9,15H,5,8,10-11H2,1-4H3. The minimum atomic E-state index is 0.302. The van der Waals surface area contributed by atoms with Crippen molar-refractivity contribution in [1.82, 2.24) is 10.3 Å². The van der Waals surface area contributed by atoms with Gasteiger partial charge in [0.05, 0.1) is 6.61 Å². The fourth-order valence-electron chi connectivity index (χ4n) is 1.40. The van der Waals surface area contributed by atoms with Crippen molar-refractivity contribution in [2.24, 2.45) is 5.41 Å². The highest BCUT2D eigenvalue weighted by atomic mass is 16.5. The second-order valence-electron chi connectivity index (χ2n) is 5.41. The third kappa shape index (κ3) is 5.68. The number of rotatable bonds is 6. The number of hydrogen-bond acceptors (Lipinski definition) is 3. The van der Waals surface area contributed by atoms with Crippen LogP contribution < -0.4 is 10.1 Å². The van der Waals surface area contributed by atoms with Crippen LogP contribution in [0.1, 0.15) is 39.7 Å². The predicted molar refractivity (Wildman–Crippen MR) is 71.2 cm³/mol. The van der Waals surface area contributed by atoms with Gasteiger partial charge in [0.15, 0.2) is 0 Å². The number of ether oxygens (including phenoxy) is 1. The summed E-state index contributed by atoms with van der Waals surface area (Å²) in [5.41, 5.74) is 1.43. The number of nitrogens with one attached hydrogen (secondary N) is 1. The first-order valence-electron chi connectivity index (χ1n) is 6.30. The van der Waals surface area contributed by atoms with Crippen LogP contribution in [-0.4, -0.2) is 18.1 Å². The van der Waals surface area contributed by atoms with Crippen LogP contribution in [0.4, 0.5) is 0 Å². The monoisotopic (exact) mass is 236 g/mol. The van der Waals surface area contributed by atoms with E-state index in [9.17, 15) is 0 Å². The summed E-state index contributed by atoms with van der Waals surface area (Å²) in [4.78, 5) is 4.29. The van der Waals surface area contributed by atoms with E-state index in [1.807, 2.05) is 6.07 Å². The van der Waals surface area contributed by atoms with Gasteiger partial charge in [0, 0.05) is 18.3 Å². The molecule has 96 valence electrons. The van der Waals surface area contributed by atoms with Gasteiger partial charge in [-0.15, -0.1) is 0 Å². The summed E-state index contributed by atoms with van der Waals surface area (Å²) in [7, 11) is 0. The molecule has 0 saturated carbocycles. The zero-order chi connectivity index (χ0) is 12.7. The lowest BCUT2D eigenvalue weighted by Crippen LogP contribution is -2.15. The smallest absolute Gasteiger partial charge is 0.217 e. The van der Waals surface area contributed by atoms with E-state index in [2.05, 4.69) is 44.1 Å². The molecule has 0 bridgehead atoms. The molecule has 0 fully saturated rings. The Morgan fingerprint density at radius 2 is 2.12 bits per heavy atom. The zero-order valence-corrected chi connectivity index (χ0v) is 11.4. The fraction of sp³-hybridized carbons (Fsp3) is 0.643. The molecular formula is C14H24N2O. The lowest BCUT2D eigenvalue weighted by atomic mass is 9.93. The van der Waals surface area contributed by atoms with E-state index in [4.69, 9.17) is 4.74 Å². The third-order valence-electron chi connectivity index (χ3n) is 2.51. The van der Waals surface area contributed by atoms with Crippen molar-refractivity contribution < 1.29 is 4.74 Å². The molecule has 0 radical (unpaired) electrons. The van der Waals surface area contributed by atoms with E-state index in [-0.39, 0.29) is 0 Å². The molecule has 3 nitrogen and oxygen atoms in total. The average Bonchev–Trinajstić information content (AvgIpc) is 2.26. The fourth-order valence-corrected chi connectivity index (χ4v) is 1.40. The number of nitrogens with zero attached hydrogens (tertiary/aromatic N) is 1. The van der Waals surface area contributed by atoms with Gasteiger partial charge >= 0.3 is 0 Å². The Morgan fingerprint density at radius 1 is 1.35 bits per heavy atom. The largest absolute Gasteiger partial charge is 0.477 e. The van der Waals surface area contributed by atoms with Gasteiger partial charge in [-0.1, -0.05) is 33.8 Å². The van der Waals surface area contributed by atoms with Gasteiger partial charge in [-0.3, -0.25) is 0 Å². The molecule has 0 saturated heterocycles. The Balaban J connectivity index is 2.51. The topological polar surface area (TPSA) is 34.2 Å². The minimum Gasteiger partial charge on any atom is -0.477 e. The summed E-state index contributed by atoms with van der Waals surface area (Å²) in [6.07, 6.45) is 2.81. The highest BCUT2D eigenvalue weighted by Crippen LogP contribution is 2.20. The minimum absolute atomic E-state index is 0.302. The summed E-state index contributed by atoms with van der Waals surface area (Å²) in [6.45, 7) is 11.2. The first-order chi connectivity index (χ1) is 8.03. The van der Waals surface area contributed by atoms with Gasteiger partial charge in [0.1, 0.15) is 0 Å². The molecule has 1 aromatic heterocycles. The Kier molecular flexibility index (Phi) is 5.42. The van der Waals surface area contributed by atoms with Crippen LogP contribution in [-0.2, 0) is 6.54 Å². The van der Waals surface area contributed by atoms with E-state index in [0.717, 1.165) is 37.6 Å². The Hall–Kier alpha value is -1.09. The van der Waals surface area contributed by atoms with E-state index in [1.54, 1.807) is 6.20 Å². The molecule has 0 atom stereocenters. The molecule has 3 heteroatoms. The first kappa shape index (κ1) is 14.0. The lowest BCUT2D eigenvalue weighted by Gasteiger charge is -2.18. The van der Waals surface area contributed by atoms with Gasteiger partial charge in [-0.05, 0) is 24.4 Å².